The minimum Gasteiger partial charge on any atom is -0.376 e. The Morgan fingerprint density at radius 2 is 2.35 bits per heavy atom. The number of H-pyrrole nitrogens is 1. The van der Waals surface area contributed by atoms with E-state index in [1.165, 1.54) is 22.0 Å². The van der Waals surface area contributed by atoms with Gasteiger partial charge < -0.3 is 20.8 Å². The topological polar surface area (TPSA) is 75.4 Å². The molecule has 126 valence electrons. The Balaban J connectivity index is 0.00000192. The van der Waals surface area contributed by atoms with Gasteiger partial charge in [-0.1, -0.05) is 12.1 Å². The van der Waals surface area contributed by atoms with Crippen LogP contribution < -0.4 is 11.1 Å². The van der Waals surface area contributed by atoms with Gasteiger partial charge in [-0.25, -0.2) is 0 Å². The zero-order chi connectivity index (χ0) is 15.4. The Labute approximate surface area is 154 Å². The second-order valence-corrected chi connectivity index (χ2v) is 5.85. The van der Waals surface area contributed by atoms with Crippen molar-refractivity contribution in [2.75, 3.05) is 19.7 Å². The number of fused-ring (bicyclic) bond motifs is 1. The van der Waals surface area contributed by atoms with Gasteiger partial charge in [-0.3, -0.25) is 4.99 Å². The average Bonchev–Trinajstić information content (AvgIpc) is 3.15. The van der Waals surface area contributed by atoms with E-state index in [-0.39, 0.29) is 30.1 Å². The Morgan fingerprint density at radius 1 is 1.48 bits per heavy atom. The Bertz CT molecular complexity index is 662. The number of aromatic amines is 1. The van der Waals surface area contributed by atoms with E-state index in [9.17, 15) is 0 Å². The molecule has 2 aromatic rings. The van der Waals surface area contributed by atoms with E-state index >= 15 is 0 Å². The molecule has 1 saturated heterocycles. The first kappa shape index (κ1) is 18.1. The highest BCUT2D eigenvalue weighted by atomic mass is 127. The molecule has 1 aliphatic rings. The Hall–Kier alpha value is -1.28. The maximum absolute atomic E-state index is 5.91. The fourth-order valence-electron chi connectivity index (χ4n) is 3.02. The predicted molar refractivity (Wildman–Crippen MR) is 106 cm³/mol. The van der Waals surface area contributed by atoms with Gasteiger partial charge in [0.1, 0.15) is 0 Å². The van der Waals surface area contributed by atoms with Gasteiger partial charge in [0.25, 0.3) is 0 Å². The number of nitrogens with two attached hydrogens (primary N) is 1. The summed E-state index contributed by atoms with van der Waals surface area (Å²) < 4.78 is 5.53. The maximum Gasteiger partial charge on any atom is 0.188 e. The van der Waals surface area contributed by atoms with Crippen LogP contribution in [0.2, 0.25) is 0 Å². The number of benzene rings is 1. The van der Waals surface area contributed by atoms with Crippen LogP contribution in [0, 0.1) is 6.92 Å². The zero-order valence-corrected chi connectivity index (χ0v) is 15.8. The lowest BCUT2D eigenvalue weighted by atomic mass is 10.1. The molecule has 1 unspecified atom stereocenters. The minimum atomic E-state index is 0. The molecule has 1 aromatic carbocycles. The summed E-state index contributed by atoms with van der Waals surface area (Å²) in [6, 6.07) is 6.33. The predicted octanol–water partition coefficient (Wildman–Crippen LogP) is 2.72. The first-order valence-corrected chi connectivity index (χ1v) is 7.95. The molecule has 0 bridgehead atoms. The number of nitrogens with zero attached hydrogens (tertiary/aromatic N) is 1. The minimum absolute atomic E-state index is 0. The summed E-state index contributed by atoms with van der Waals surface area (Å²) in [5, 5.41) is 4.51. The van der Waals surface area contributed by atoms with Gasteiger partial charge in [-0.15, -0.1) is 24.0 Å². The van der Waals surface area contributed by atoms with E-state index in [1.54, 1.807) is 0 Å². The van der Waals surface area contributed by atoms with Crippen LogP contribution >= 0.6 is 24.0 Å². The molecule has 0 saturated carbocycles. The van der Waals surface area contributed by atoms with Crippen molar-refractivity contribution in [3.05, 3.63) is 35.5 Å². The number of nitrogens with one attached hydrogen (secondary N) is 2. The molecular formula is C17H25IN4O. The number of rotatable bonds is 5. The highest BCUT2D eigenvalue weighted by Gasteiger charge is 2.14. The molecule has 0 aliphatic carbocycles. The fraction of sp³-hybridized carbons (Fsp3) is 0.471. The first-order chi connectivity index (χ1) is 10.7. The molecule has 0 amide bonds. The van der Waals surface area contributed by atoms with Crippen molar-refractivity contribution in [1.29, 1.82) is 0 Å². The van der Waals surface area contributed by atoms with Crippen molar-refractivity contribution in [3.63, 3.8) is 0 Å². The summed E-state index contributed by atoms with van der Waals surface area (Å²) in [5.74, 6) is 0.507. The van der Waals surface area contributed by atoms with Crippen molar-refractivity contribution < 1.29 is 4.74 Å². The second-order valence-electron chi connectivity index (χ2n) is 5.85. The standard InChI is InChI=1S/C17H24N4O.HI/c1-12-4-2-6-15-16(12)13(10-20-15)7-8-19-17(18)21-11-14-5-3-9-22-14;/h2,4,6,10,14,20H,3,5,7-9,11H2,1H3,(H3,18,19,21);1H. The highest BCUT2D eigenvalue weighted by Crippen LogP contribution is 2.22. The summed E-state index contributed by atoms with van der Waals surface area (Å²) in [4.78, 5) is 7.68. The second kappa shape index (κ2) is 8.54. The SMILES string of the molecule is Cc1cccc2[nH]cc(CCNC(N)=NCC3CCCO3)c12.I. The lowest BCUT2D eigenvalue weighted by Crippen LogP contribution is -2.34. The third-order valence-corrected chi connectivity index (χ3v) is 4.19. The van der Waals surface area contributed by atoms with Crippen LogP contribution in [0.4, 0.5) is 0 Å². The van der Waals surface area contributed by atoms with E-state index < -0.39 is 0 Å². The molecule has 0 radical (unpaired) electrons. The van der Waals surface area contributed by atoms with E-state index in [4.69, 9.17) is 10.5 Å². The third-order valence-electron chi connectivity index (χ3n) is 4.19. The third kappa shape index (κ3) is 4.60. The smallest absolute Gasteiger partial charge is 0.188 e. The Kier molecular flexibility index (Phi) is 6.71. The number of hydrogen-bond acceptors (Lipinski definition) is 2. The molecule has 2 heterocycles. The van der Waals surface area contributed by atoms with Gasteiger partial charge >= 0.3 is 0 Å². The average molecular weight is 428 g/mol. The summed E-state index contributed by atoms with van der Waals surface area (Å²) >= 11 is 0. The zero-order valence-electron chi connectivity index (χ0n) is 13.5. The van der Waals surface area contributed by atoms with Gasteiger partial charge in [0.2, 0.25) is 0 Å². The molecule has 1 atom stereocenters. The molecule has 4 N–H and O–H groups in total. The number of aryl methyl sites for hydroxylation is 1. The van der Waals surface area contributed by atoms with Gasteiger partial charge in [0, 0.05) is 30.3 Å². The number of aliphatic imine (C=N–C) groups is 1. The molecule has 23 heavy (non-hydrogen) atoms. The first-order valence-electron chi connectivity index (χ1n) is 7.95. The summed E-state index contributed by atoms with van der Waals surface area (Å²) in [6.07, 6.45) is 5.47. The van der Waals surface area contributed by atoms with E-state index in [2.05, 4.69) is 46.6 Å². The monoisotopic (exact) mass is 428 g/mol. The van der Waals surface area contributed by atoms with E-state index in [0.29, 0.717) is 12.5 Å². The highest BCUT2D eigenvalue weighted by molar-refractivity contribution is 14.0. The molecule has 1 fully saturated rings. The molecule has 6 heteroatoms. The van der Waals surface area contributed by atoms with Crippen LogP contribution in [0.15, 0.2) is 29.4 Å². The van der Waals surface area contributed by atoms with Gasteiger partial charge in [-0.05, 0) is 43.4 Å². The number of halogens is 1. The van der Waals surface area contributed by atoms with Crippen LogP contribution in [0.5, 0.6) is 0 Å². The van der Waals surface area contributed by atoms with Gasteiger partial charge in [0.15, 0.2) is 5.96 Å². The van der Waals surface area contributed by atoms with Gasteiger partial charge in [0.05, 0.1) is 12.6 Å². The summed E-state index contributed by atoms with van der Waals surface area (Å²) in [6.45, 7) is 4.44. The van der Waals surface area contributed by atoms with Gasteiger partial charge in [-0.2, -0.15) is 0 Å². The number of ether oxygens (including phenoxy) is 1. The molecular weight excluding hydrogens is 403 g/mol. The molecule has 1 aromatic heterocycles. The van der Waals surface area contributed by atoms with E-state index in [0.717, 1.165) is 32.4 Å². The number of guanidine groups is 1. The van der Waals surface area contributed by atoms with Crippen molar-refractivity contribution in [2.24, 2.45) is 10.7 Å². The Morgan fingerprint density at radius 3 is 3.13 bits per heavy atom. The van der Waals surface area contributed by atoms with Crippen LogP contribution in [-0.2, 0) is 11.2 Å². The van der Waals surface area contributed by atoms with E-state index in [1.807, 2.05) is 0 Å². The van der Waals surface area contributed by atoms with Crippen molar-refractivity contribution in [1.82, 2.24) is 10.3 Å². The molecule has 3 rings (SSSR count). The normalized spacial score (nSPS) is 18.1. The quantitative estimate of drug-likeness (QED) is 0.390. The molecule has 5 nitrogen and oxygen atoms in total. The van der Waals surface area contributed by atoms with Crippen LogP contribution in [0.1, 0.15) is 24.0 Å². The van der Waals surface area contributed by atoms with Crippen molar-refractivity contribution in [2.45, 2.75) is 32.3 Å². The summed E-state index contributed by atoms with van der Waals surface area (Å²) in [7, 11) is 0. The van der Waals surface area contributed by atoms with Crippen molar-refractivity contribution >= 4 is 40.8 Å². The van der Waals surface area contributed by atoms with Crippen LogP contribution in [0.25, 0.3) is 10.9 Å². The molecule has 1 aliphatic heterocycles. The lowest BCUT2D eigenvalue weighted by Gasteiger charge is -2.08. The van der Waals surface area contributed by atoms with Crippen LogP contribution in [0.3, 0.4) is 0 Å². The number of hydrogen-bond donors (Lipinski definition) is 3. The largest absolute Gasteiger partial charge is 0.376 e. The maximum atomic E-state index is 5.91. The molecule has 0 spiro atoms. The summed E-state index contributed by atoms with van der Waals surface area (Å²) in [5.41, 5.74) is 9.71. The number of aromatic nitrogens is 1. The fourth-order valence-corrected chi connectivity index (χ4v) is 3.02. The lowest BCUT2D eigenvalue weighted by molar-refractivity contribution is 0.118. The van der Waals surface area contributed by atoms with Crippen LogP contribution in [-0.4, -0.2) is 36.7 Å². The van der Waals surface area contributed by atoms with Crippen molar-refractivity contribution in [3.8, 4) is 0 Å².